The summed E-state index contributed by atoms with van der Waals surface area (Å²) in [5.41, 5.74) is 0.0531. The number of nitrogens with zero attached hydrogens (tertiary/aromatic N) is 2. The molecule has 0 aromatic rings. The van der Waals surface area contributed by atoms with E-state index in [4.69, 9.17) is 4.74 Å². The molecule has 29 heavy (non-hydrogen) atoms. The van der Waals surface area contributed by atoms with E-state index in [0.29, 0.717) is 18.1 Å². The van der Waals surface area contributed by atoms with E-state index in [2.05, 4.69) is 29.0 Å². The van der Waals surface area contributed by atoms with Crippen LogP contribution in [-0.4, -0.2) is 65.2 Å². The van der Waals surface area contributed by atoms with Gasteiger partial charge in [0.1, 0.15) is 0 Å². The molecular weight excluding hydrogens is 366 g/mol. The molecule has 6 heteroatoms. The fraction of sp³-hybridized carbons (Fsp3) is 0.826. The van der Waals surface area contributed by atoms with Crippen LogP contribution in [0, 0.1) is 17.8 Å². The molecule has 0 radical (unpaired) electrons. The lowest BCUT2D eigenvalue weighted by Gasteiger charge is -2.45. The van der Waals surface area contributed by atoms with Gasteiger partial charge in [-0.25, -0.2) is 4.79 Å². The number of carbonyl (C=O) groups excluding carboxylic acids is 2. The lowest BCUT2D eigenvalue weighted by atomic mass is 9.78. The Morgan fingerprint density at radius 1 is 1.07 bits per heavy atom. The van der Waals surface area contributed by atoms with Gasteiger partial charge < -0.3 is 19.9 Å². The predicted octanol–water partition coefficient (Wildman–Crippen LogP) is 2.91. The van der Waals surface area contributed by atoms with Gasteiger partial charge in [-0.1, -0.05) is 5.92 Å². The summed E-state index contributed by atoms with van der Waals surface area (Å²) in [4.78, 5) is 29.6. The maximum absolute atomic E-state index is 12.6. The van der Waals surface area contributed by atoms with Crippen LogP contribution < -0.4 is 5.32 Å². The molecule has 1 saturated carbocycles. The second-order valence-corrected chi connectivity index (χ2v) is 9.61. The Bertz CT molecular complexity index is 671. The van der Waals surface area contributed by atoms with Gasteiger partial charge in [0.15, 0.2) is 6.61 Å². The van der Waals surface area contributed by atoms with Crippen LogP contribution in [0.1, 0.15) is 71.6 Å². The minimum Gasteiger partial charge on any atom is -0.436 e. The first-order valence-electron chi connectivity index (χ1n) is 11.4. The summed E-state index contributed by atoms with van der Waals surface area (Å²) >= 11 is 0. The Hall–Kier alpha value is -1.74. The number of fused-ring (bicyclic) bond motifs is 2. The van der Waals surface area contributed by atoms with E-state index in [1.54, 1.807) is 6.92 Å². The lowest BCUT2D eigenvalue weighted by Crippen LogP contribution is -2.56. The Morgan fingerprint density at radius 3 is 2.28 bits per heavy atom. The number of hydrogen-bond acceptors (Lipinski definition) is 4. The van der Waals surface area contributed by atoms with E-state index >= 15 is 0 Å². The van der Waals surface area contributed by atoms with Crippen molar-refractivity contribution >= 4 is 12.0 Å². The molecular formula is C23H35N3O3. The van der Waals surface area contributed by atoms with Crippen molar-refractivity contribution in [3.63, 3.8) is 0 Å². The van der Waals surface area contributed by atoms with E-state index in [0.717, 1.165) is 64.5 Å². The average Bonchev–Trinajstić information content (AvgIpc) is 2.96. The molecule has 4 rings (SSSR count). The molecule has 0 spiro atoms. The number of amides is 2. The van der Waals surface area contributed by atoms with Crippen molar-refractivity contribution in [2.24, 2.45) is 5.92 Å². The molecule has 2 amide bonds. The molecule has 2 unspecified atom stereocenters. The summed E-state index contributed by atoms with van der Waals surface area (Å²) in [7, 11) is 0. The quantitative estimate of drug-likeness (QED) is 0.736. The maximum Gasteiger partial charge on any atom is 0.411 e. The number of carbonyl (C=O) groups is 2. The maximum atomic E-state index is 12.6. The zero-order valence-corrected chi connectivity index (χ0v) is 17.9. The number of piperidine rings is 2. The Kier molecular flexibility index (Phi) is 6.06. The van der Waals surface area contributed by atoms with Crippen LogP contribution in [0.25, 0.3) is 0 Å². The molecule has 3 heterocycles. The van der Waals surface area contributed by atoms with Crippen LogP contribution in [-0.2, 0) is 9.53 Å². The van der Waals surface area contributed by atoms with Gasteiger partial charge in [0.2, 0.25) is 5.91 Å². The zero-order valence-electron chi connectivity index (χ0n) is 17.9. The zero-order chi connectivity index (χ0) is 20.4. The highest BCUT2D eigenvalue weighted by Gasteiger charge is 2.46. The van der Waals surface area contributed by atoms with E-state index in [-0.39, 0.29) is 30.1 Å². The molecule has 4 fully saturated rings. The first-order valence-corrected chi connectivity index (χ1v) is 11.4. The molecule has 3 saturated heterocycles. The first-order chi connectivity index (χ1) is 14.0. The minimum absolute atomic E-state index is 0.0531. The molecule has 4 aliphatic rings. The van der Waals surface area contributed by atoms with Gasteiger partial charge >= 0.3 is 6.09 Å². The highest BCUT2D eigenvalue weighted by molar-refractivity contribution is 5.79. The average molecular weight is 402 g/mol. The van der Waals surface area contributed by atoms with Crippen LogP contribution in [0.4, 0.5) is 4.79 Å². The highest BCUT2D eigenvalue weighted by atomic mass is 16.6. The van der Waals surface area contributed by atoms with Crippen molar-refractivity contribution in [2.75, 3.05) is 19.7 Å². The second-order valence-electron chi connectivity index (χ2n) is 9.61. The smallest absolute Gasteiger partial charge is 0.411 e. The summed E-state index contributed by atoms with van der Waals surface area (Å²) in [6.07, 6.45) is 9.39. The van der Waals surface area contributed by atoms with Crippen molar-refractivity contribution in [2.45, 2.75) is 95.3 Å². The topological polar surface area (TPSA) is 61.9 Å². The van der Waals surface area contributed by atoms with Crippen LogP contribution in [0.3, 0.4) is 0 Å². The molecule has 0 aromatic heterocycles. The molecule has 0 aromatic carbocycles. The number of rotatable bonds is 4. The van der Waals surface area contributed by atoms with Gasteiger partial charge in [0.05, 0.1) is 0 Å². The second kappa shape index (κ2) is 8.55. The van der Waals surface area contributed by atoms with Crippen molar-refractivity contribution in [3.8, 4) is 11.8 Å². The molecule has 160 valence electrons. The SMILES string of the molecule is CC#CCOC(=O)N1C2CCC1CC(N1CCC(C(=O)NC3(C)CCC3)CC1)C2. The van der Waals surface area contributed by atoms with Gasteiger partial charge in [-0.15, -0.1) is 5.92 Å². The summed E-state index contributed by atoms with van der Waals surface area (Å²) in [6, 6.07) is 1.11. The Morgan fingerprint density at radius 2 is 1.72 bits per heavy atom. The third-order valence-electron chi connectivity index (χ3n) is 7.66. The highest BCUT2D eigenvalue weighted by Crippen LogP contribution is 2.39. The molecule has 1 N–H and O–H groups in total. The van der Waals surface area contributed by atoms with E-state index < -0.39 is 0 Å². The fourth-order valence-electron chi connectivity index (χ4n) is 5.75. The predicted molar refractivity (Wildman–Crippen MR) is 111 cm³/mol. The van der Waals surface area contributed by atoms with Crippen LogP contribution >= 0.6 is 0 Å². The summed E-state index contributed by atoms with van der Waals surface area (Å²) < 4.78 is 5.33. The van der Waals surface area contributed by atoms with Crippen LogP contribution in [0.2, 0.25) is 0 Å². The third-order valence-corrected chi connectivity index (χ3v) is 7.66. The van der Waals surface area contributed by atoms with E-state index in [9.17, 15) is 9.59 Å². The first kappa shape index (κ1) is 20.5. The summed E-state index contributed by atoms with van der Waals surface area (Å²) in [5.74, 6) is 5.99. The number of likely N-dealkylation sites (tertiary alicyclic amines) is 1. The lowest BCUT2D eigenvalue weighted by molar-refractivity contribution is -0.129. The van der Waals surface area contributed by atoms with Gasteiger partial charge in [-0.3, -0.25) is 4.79 Å². The molecule has 6 nitrogen and oxygen atoms in total. The van der Waals surface area contributed by atoms with E-state index in [1.165, 1.54) is 6.42 Å². The molecule has 1 aliphatic carbocycles. The van der Waals surface area contributed by atoms with Crippen LogP contribution in [0.15, 0.2) is 0 Å². The van der Waals surface area contributed by atoms with Gasteiger partial charge in [0, 0.05) is 29.6 Å². The standard InChI is InChI=1S/C23H35N3O3/c1-3-4-14-29-22(28)26-18-6-7-19(26)16-20(15-18)25-12-8-17(9-13-25)21(27)24-23(2)10-5-11-23/h17-20H,5-16H2,1-2H3,(H,24,27). The van der Waals surface area contributed by atoms with Gasteiger partial charge in [-0.05, 0) is 84.7 Å². The fourth-order valence-corrected chi connectivity index (χ4v) is 5.75. The summed E-state index contributed by atoms with van der Waals surface area (Å²) in [6.45, 7) is 6.10. The normalized spacial score (nSPS) is 31.4. The number of nitrogens with one attached hydrogen (secondary N) is 1. The number of ether oxygens (including phenoxy) is 1. The Balaban J connectivity index is 1.26. The van der Waals surface area contributed by atoms with E-state index in [1.807, 2.05) is 4.90 Å². The summed E-state index contributed by atoms with van der Waals surface area (Å²) in [5, 5.41) is 3.30. The van der Waals surface area contributed by atoms with Crippen molar-refractivity contribution in [1.82, 2.24) is 15.1 Å². The molecule has 2 atom stereocenters. The van der Waals surface area contributed by atoms with Gasteiger partial charge in [0.25, 0.3) is 0 Å². The number of hydrogen-bond donors (Lipinski definition) is 1. The van der Waals surface area contributed by atoms with Crippen molar-refractivity contribution in [3.05, 3.63) is 0 Å². The monoisotopic (exact) mass is 401 g/mol. The minimum atomic E-state index is -0.196. The van der Waals surface area contributed by atoms with Gasteiger partial charge in [-0.2, -0.15) is 0 Å². The molecule has 2 bridgehead atoms. The largest absolute Gasteiger partial charge is 0.436 e. The van der Waals surface area contributed by atoms with Crippen LogP contribution in [0.5, 0.6) is 0 Å². The Labute approximate surface area is 174 Å². The third kappa shape index (κ3) is 4.40. The van der Waals surface area contributed by atoms with Crippen molar-refractivity contribution in [1.29, 1.82) is 0 Å². The molecule has 3 aliphatic heterocycles. The van der Waals surface area contributed by atoms with Crippen molar-refractivity contribution < 1.29 is 14.3 Å².